The molecule has 0 saturated heterocycles. The van der Waals surface area contributed by atoms with Crippen LogP contribution in [0.4, 0.5) is 0 Å². The molecule has 0 amide bonds. The van der Waals surface area contributed by atoms with Crippen LogP contribution >= 0.6 is 0 Å². The fourth-order valence-electron chi connectivity index (χ4n) is 1.11. The standard InChI is InChI=1S/C12H10O.HNO2/c1-3-7-11(8-4-1)13-12-9-5-2-6-10-12;2-1-3/h1-10H;(H,2,3). The lowest BCUT2D eigenvalue weighted by atomic mass is 10.3. The van der Waals surface area contributed by atoms with E-state index in [1.165, 1.54) is 5.34 Å². The summed E-state index contributed by atoms with van der Waals surface area (Å²) in [5.74, 6) is 1.74. The average molecular weight is 217 g/mol. The van der Waals surface area contributed by atoms with Crippen molar-refractivity contribution in [1.29, 1.82) is 0 Å². The minimum Gasteiger partial charge on any atom is -0.457 e. The molecule has 1 N–H and O–H groups in total. The summed E-state index contributed by atoms with van der Waals surface area (Å²) in [7, 11) is 0. The third kappa shape index (κ3) is 4.23. The predicted molar refractivity (Wildman–Crippen MR) is 60.5 cm³/mol. The molecule has 0 fully saturated rings. The van der Waals surface area contributed by atoms with E-state index in [9.17, 15) is 0 Å². The molecule has 0 radical (unpaired) electrons. The van der Waals surface area contributed by atoms with E-state index in [-0.39, 0.29) is 0 Å². The van der Waals surface area contributed by atoms with Crippen LogP contribution in [0.25, 0.3) is 0 Å². The second-order valence-corrected chi connectivity index (χ2v) is 2.81. The van der Waals surface area contributed by atoms with Gasteiger partial charge in [-0.1, -0.05) is 36.4 Å². The van der Waals surface area contributed by atoms with E-state index < -0.39 is 0 Å². The summed E-state index contributed by atoms with van der Waals surface area (Å²) in [6.07, 6.45) is 0. The van der Waals surface area contributed by atoms with Crippen LogP contribution in [-0.4, -0.2) is 5.21 Å². The fourth-order valence-corrected chi connectivity index (χ4v) is 1.11. The largest absolute Gasteiger partial charge is 0.457 e. The highest BCUT2D eigenvalue weighted by atomic mass is 16.6. The van der Waals surface area contributed by atoms with Gasteiger partial charge in [-0.3, -0.25) is 0 Å². The van der Waals surface area contributed by atoms with Crippen LogP contribution in [0.3, 0.4) is 0 Å². The Morgan fingerprint density at radius 3 is 1.44 bits per heavy atom. The van der Waals surface area contributed by atoms with E-state index >= 15 is 0 Å². The van der Waals surface area contributed by atoms with Crippen LogP contribution in [0.5, 0.6) is 11.5 Å². The molecule has 0 spiro atoms. The van der Waals surface area contributed by atoms with E-state index in [0.717, 1.165) is 11.5 Å². The van der Waals surface area contributed by atoms with Crippen LogP contribution in [0.15, 0.2) is 66.0 Å². The molecule has 0 aliphatic rings. The number of nitrogens with zero attached hydrogens (tertiary/aromatic N) is 1. The minimum atomic E-state index is 0.869. The molecule has 2 aromatic carbocycles. The zero-order chi connectivity index (χ0) is 11.6. The Kier molecular flexibility index (Phi) is 5.13. The number of benzene rings is 2. The Labute approximate surface area is 93.1 Å². The fraction of sp³-hybridized carbons (Fsp3) is 0. The second-order valence-electron chi connectivity index (χ2n) is 2.81. The molecule has 0 heterocycles. The third-order valence-electron chi connectivity index (χ3n) is 1.72. The van der Waals surface area contributed by atoms with Crippen molar-refractivity contribution in [3.05, 3.63) is 65.6 Å². The van der Waals surface area contributed by atoms with E-state index in [2.05, 4.69) is 0 Å². The summed E-state index contributed by atoms with van der Waals surface area (Å²) in [6, 6.07) is 19.5. The van der Waals surface area contributed by atoms with Crippen molar-refractivity contribution in [3.63, 3.8) is 0 Å². The van der Waals surface area contributed by atoms with Gasteiger partial charge in [0, 0.05) is 0 Å². The van der Waals surface area contributed by atoms with E-state index in [4.69, 9.17) is 14.9 Å². The van der Waals surface area contributed by atoms with Crippen LogP contribution in [0, 0.1) is 4.91 Å². The molecule has 0 aliphatic heterocycles. The average Bonchev–Trinajstić information content (AvgIpc) is 2.33. The van der Waals surface area contributed by atoms with Crippen LogP contribution in [0.1, 0.15) is 0 Å². The highest BCUT2D eigenvalue weighted by Crippen LogP contribution is 2.19. The van der Waals surface area contributed by atoms with Crippen LogP contribution < -0.4 is 4.74 Å². The Morgan fingerprint density at radius 2 is 1.12 bits per heavy atom. The molecule has 0 bridgehead atoms. The van der Waals surface area contributed by atoms with Crippen molar-refractivity contribution in [1.82, 2.24) is 0 Å². The van der Waals surface area contributed by atoms with Crippen molar-refractivity contribution in [3.8, 4) is 11.5 Å². The van der Waals surface area contributed by atoms with E-state index in [0.29, 0.717) is 0 Å². The van der Waals surface area contributed by atoms with Gasteiger partial charge in [-0.2, -0.15) is 0 Å². The van der Waals surface area contributed by atoms with Crippen molar-refractivity contribution in [2.24, 2.45) is 5.34 Å². The molecule has 16 heavy (non-hydrogen) atoms. The van der Waals surface area contributed by atoms with Gasteiger partial charge in [0.2, 0.25) is 0 Å². The summed E-state index contributed by atoms with van der Waals surface area (Å²) in [6.45, 7) is 0. The molecule has 0 saturated carbocycles. The zero-order valence-corrected chi connectivity index (χ0v) is 8.48. The Morgan fingerprint density at radius 1 is 0.812 bits per heavy atom. The molecular weight excluding hydrogens is 206 g/mol. The first kappa shape index (κ1) is 11.7. The quantitative estimate of drug-likeness (QED) is 0.617. The first-order valence-corrected chi connectivity index (χ1v) is 4.61. The molecule has 0 atom stereocenters. The maximum absolute atomic E-state index is 8.11. The lowest BCUT2D eigenvalue weighted by molar-refractivity contribution is 0.312. The maximum Gasteiger partial charge on any atom is 0.152 e. The van der Waals surface area contributed by atoms with Crippen molar-refractivity contribution in [2.45, 2.75) is 0 Å². The van der Waals surface area contributed by atoms with Crippen molar-refractivity contribution in [2.75, 3.05) is 0 Å². The minimum absolute atomic E-state index is 0.869. The first-order chi connectivity index (χ1) is 7.86. The second kappa shape index (κ2) is 7.00. The summed E-state index contributed by atoms with van der Waals surface area (Å²) in [5, 5.41) is 7.89. The van der Waals surface area contributed by atoms with E-state index in [1.54, 1.807) is 0 Å². The lowest BCUT2D eigenvalue weighted by Gasteiger charge is -2.03. The zero-order valence-electron chi connectivity index (χ0n) is 8.48. The molecular formula is C12H11NO3. The topological polar surface area (TPSA) is 58.9 Å². The molecule has 2 aromatic rings. The predicted octanol–water partition coefficient (Wildman–Crippen LogP) is 3.62. The highest BCUT2D eigenvalue weighted by Gasteiger charge is 1.92. The van der Waals surface area contributed by atoms with Crippen LogP contribution in [0.2, 0.25) is 0 Å². The first-order valence-electron chi connectivity index (χ1n) is 4.61. The summed E-state index contributed by atoms with van der Waals surface area (Å²) in [4.78, 5) is 8.11. The van der Waals surface area contributed by atoms with Gasteiger partial charge in [0.1, 0.15) is 11.5 Å². The maximum atomic E-state index is 8.11. The van der Waals surface area contributed by atoms with Crippen molar-refractivity contribution < 1.29 is 9.94 Å². The summed E-state index contributed by atoms with van der Waals surface area (Å²) >= 11 is 0. The Hall–Kier alpha value is -2.36. The van der Waals surface area contributed by atoms with Gasteiger partial charge in [0.15, 0.2) is 5.34 Å². The lowest BCUT2D eigenvalue weighted by Crippen LogP contribution is -1.81. The molecule has 0 aromatic heterocycles. The van der Waals surface area contributed by atoms with E-state index in [1.807, 2.05) is 60.7 Å². The summed E-state index contributed by atoms with van der Waals surface area (Å²) < 4.78 is 5.58. The van der Waals surface area contributed by atoms with Gasteiger partial charge in [-0.05, 0) is 24.3 Å². The van der Waals surface area contributed by atoms with Gasteiger partial charge in [0.05, 0.1) is 0 Å². The number of para-hydroxylation sites is 2. The summed E-state index contributed by atoms with van der Waals surface area (Å²) in [5.41, 5.74) is 0. The number of ether oxygens (including phenoxy) is 1. The van der Waals surface area contributed by atoms with Gasteiger partial charge in [-0.15, -0.1) is 4.91 Å². The highest BCUT2D eigenvalue weighted by molar-refractivity contribution is 5.30. The van der Waals surface area contributed by atoms with Gasteiger partial charge < -0.3 is 9.94 Å². The molecule has 82 valence electrons. The molecule has 4 nitrogen and oxygen atoms in total. The number of hydrogen-bond donors (Lipinski definition) is 1. The Bertz CT molecular complexity index is 366. The third-order valence-corrected chi connectivity index (χ3v) is 1.72. The van der Waals surface area contributed by atoms with Crippen molar-refractivity contribution >= 4 is 0 Å². The van der Waals surface area contributed by atoms with Gasteiger partial charge in [0.25, 0.3) is 0 Å². The molecule has 0 unspecified atom stereocenters. The molecule has 4 heteroatoms. The van der Waals surface area contributed by atoms with Gasteiger partial charge in [-0.25, -0.2) is 0 Å². The smallest absolute Gasteiger partial charge is 0.152 e. The molecule has 0 aliphatic carbocycles. The Balaban J connectivity index is 0.000000386. The monoisotopic (exact) mass is 217 g/mol. The van der Waals surface area contributed by atoms with Gasteiger partial charge >= 0.3 is 0 Å². The normalized spacial score (nSPS) is 8.50. The molecule has 2 rings (SSSR count). The number of hydrogen-bond acceptors (Lipinski definition) is 3. The SMILES string of the molecule is O=NO.c1ccc(Oc2ccccc2)cc1. The number of rotatable bonds is 2. The van der Waals surface area contributed by atoms with Crippen LogP contribution in [-0.2, 0) is 0 Å².